The Hall–Kier alpha value is -2.99. The smallest absolute Gasteiger partial charge is 0.337 e. The number of carboxylic acid groups (broad SMARTS) is 1. The Kier molecular flexibility index (Phi) is 5.20. The molecule has 1 aromatic heterocycles. The van der Waals surface area contributed by atoms with Gasteiger partial charge in [0, 0.05) is 40.9 Å². The van der Waals surface area contributed by atoms with Crippen LogP contribution in [0.1, 0.15) is 52.4 Å². The van der Waals surface area contributed by atoms with Gasteiger partial charge in [-0.1, -0.05) is 12.5 Å². The number of likely N-dealkylation sites (tertiary alicyclic amines) is 1. The molecule has 1 aliphatic heterocycles. The number of piperidine rings is 1. The summed E-state index contributed by atoms with van der Waals surface area (Å²) in [6, 6.07) is 9.75. The zero-order valence-electron chi connectivity index (χ0n) is 16.9. The second-order valence-corrected chi connectivity index (χ2v) is 7.77. The van der Waals surface area contributed by atoms with Crippen LogP contribution in [0.25, 0.3) is 10.9 Å². The van der Waals surface area contributed by atoms with Crippen molar-refractivity contribution in [3.05, 3.63) is 58.8 Å². The van der Waals surface area contributed by atoms with Gasteiger partial charge in [0.05, 0.1) is 12.7 Å². The van der Waals surface area contributed by atoms with E-state index in [1.54, 1.807) is 13.2 Å². The summed E-state index contributed by atoms with van der Waals surface area (Å²) in [6.45, 7) is 3.83. The number of aromatic nitrogens is 1. The molecule has 6 heteroatoms. The fourth-order valence-corrected chi connectivity index (χ4v) is 4.53. The standard InChI is InChI=1S/C23H27N3O3/c1-14-11-21(29-2)18(16-8-9-25-22(14)16)13-26-10-4-3-5-20(26)15-6-7-17(23(27)28)19(24)12-15/h6-9,11-12,20,25H,3-5,10,13,24H2,1-2H3,(H,27,28). The van der Waals surface area contributed by atoms with Gasteiger partial charge in [0.25, 0.3) is 0 Å². The number of aromatic amines is 1. The van der Waals surface area contributed by atoms with E-state index in [2.05, 4.69) is 28.9 Å². The Morgan fingerprint density at radius 1 is 1.31 bits per heavy atom. The molecule has 1 aliphatic rings. The van der Waals surface area contributed by atoms with Crippen molar-refractivity contribution in [1.29, 1.82) is 0 Å². The number of methoxy groups -OCH3 is 1. The largest absolute Gasteiger partial charge is 0.496 e. The average molecular weight is 393 g/mol. The number of hydrogen-bond acceptors (Lipinski definition) is 4. The molecule has 0 saturated carbocycles. The molecule has 1 fully saturated rings. The Morgan fingerprint density at radius 2 is 2.14 bits per heavy atom. The second kappa shape index (κ2) is 7.79. The molecule has 1 atom stereocenters. The minimum Gasteiger partial charge on any atom is -0.496 e. The summed E-state index contributed by atoms with van der Waals surface area (Å²) >= 11 is 0. The van der Waals surface area contributed by atoms with Crippen LogP contribution >= 0.6 is 0 Å². The van der Waals surface area contributed by atoms with Gasteiger partial charge in [-0.25, -0.2) is 4.79 Å². The van der Waals surface area contributed by atoms with Gasteiger partial charge in [-0.2, -0.15) is 0 Å². The zero-order valence-corrected chi connectivity index (χ0v) is 16.9. The molecule has 2 heterocycles. The molecule has 1 unspecified atom stereocenters. The lowest BCUT2D eigenvalue weighted by molar-refractivity contribution is 0.0698. The Morgan fingerprint density at radius 3 is 2.86 bits per heavy atom. The highest BCUT2D eigenvalue weighted by molar-refractivity contribution is 5.93. The van der Waals surface area contributed by atoms with Crippen molar-refractivity contribution in [3.63, 3.8) is 0 Å². The van der Waals surface area contributed by atoms with Crippen molar-refractivity contribution in [2.45, 2.75) is 38.8 Å². The van der Waals surface area contributed by atoms with Gasteiger partial charge in [0.2, 0.25) is 0 Å². The molecule has 6 nitrogen and oxygen atoms in total. The van der Waals surface area contributed by atoms with E-state index in [-0.39, 0.29) is 11.6 Å². The van der Waals surface area contributed by atoms with Gasteiger partial charge < -0.3 is 20.6 Å². The SMILES string of the molecule is COc1cc(C)c2[nH]ccc2c1CN1CCCCC1c1ccc(C(=O)O)c(N)c1. The summed E-state index contributed by atoms with van der Waals surface area (Å²) in [5, 5.41) is 10.5. The van der Waals surface area contributed by atoms with Crippen LogP contribution in [0.3, 0.4) is 0 Å². The molecule has 0 radical (unpaired) electrons. The minimum atomic E-state index is -0.992. The van der Waals surface area contributed by atoms with Crippen molar-refractivity contribution in [3.8, 4) is 5.75 Å². The summed E-state index contributed by atoms with van der Waals surface area (Å²) in [4.78, 5) is 17.1. The molecular weight excluding hydrogens is 366 g/mol. The number of aryl methyl sites for hydroxylation is 1. The van der Waals surface area contributed by atoms with E-state index in [0.717, 1.165) is 54.7 Å². The molecule has 1 saturated heterocycles. The molecule has 0 spiro atoms. The van der Waals surface area contributed by atoms with E-state index in [1.807, 2.05) is 18.3 Å². The average Bonchev–Trinajstić information content (AvgIpc) is 3.20. The number of fused-ring (bicyclic) bond motifs is 1. The van der Waals surface area contributed by atoms with Crippen LogP contribution in [0, 0.1) is 6.92 Å². The first-order valence-corrected chi connectivity index (χ1v) is 10.00. The van der Waals surface area contributed by atoms with Crippen molar-refractivity contribution >= 4 is 22.6 Å². The number of carbonyl (C=O) groups is 1. The number of H-pyrrole nitrogens is 1. The summed E-state index contributed by atoms with van der Waals surface area (Å²) in [5.74, 6) is -0.0894. The number of hydrogen-bond donors (Lipinski definition) is 3. The van der Waals surface area contributed by atoms with Crippen molar-refractivity contribution in [2.75, 3.05) is 19.4 Å². The van der Waals surface area contributed by atoms with E-state index in [4.69, 9.17) is 10.5 Å². The van der Waals surface area contributed by atoms with E-state index in [1.165, 1.54) is 10.9 Å². The predicted octanol–water partition coefficient (Wildman–Crippen LogP) is 4.49. The molecule has 29 heavy (non-hydrogen) atoms. The summed E-state index contributed by atoms with van der Waals surface area (Å²) in [7, 11) is 1.72. The quantitative estimate of drug-likeness (QED) is 0.556. The van der Waals surface area contributed by atoms with Crippen LogP contribution in [-0.2, 0) is 6.54 Å². The van der Waals surface area contributed by atoms with Gasteiger partial charge in [0.1, 0.15) is 5.75 Å². The highest BCUT2D eigenvalue weighted by Gasteiger charge is 2.27. The van der Waals surface area contributed by atoms with E-state index in [0.29, 0.717) is 5.69 Å². The molecular formula is C23H27N3O3. The second-order valence-electron chi connectivity index (χ2n) is 7.77. The van der Waals surface area contributed by atoms with Gasteiger partial charge >= 0.3 is 5.97 Å². The van der Waals surface area contributed by atoms with Gasteiger partial charge in [-0.05, 0) is 61.7 Å². The number of rotatable bonds is 5. The highest BCUT2D eigenvalue weighted by atomic mass is 16.5. The maximum Gasteiger partial charge on any atom is 0.337 e. The van der Waals surface area contributed by atoms with Gasteiger partial charge in [-0.15, -0.1) is 0 Å². The van der Waals surface area contributed by atoms with Crippen LogP contribution in [0.15, 0.2) is 36.5 Å². The van der Waals surface area contributed by atoms with Crippen molar-refractivity contribution in [2.24, 2.45) is 0 Å². The molecule has 152 valence electrons. The fourth-order valence-electron chi connectivity index (χ4n) is 4.53. The van der Waals surface area contributed by atoms with E-state index < -0.39 is 5.97 Å². The number of nitrogen functional groups attached to an aromatic ring is 1. The van der Waals surface area contributed by atoms with Crippen LogP contribution < -0.4 is 10.5 Å². The predicted molar refractivity (Wildman–Crippen MR) is 114 cm³/mol. The Bertz CT molecular complexity index is 1060. The molecule has 0 aliphatic carbocycles. The number of nitrogens with one attached hydrogen (secondary N) is 1. The van der Waals surface area contributed by atoms with Crippen LogP contribution in [-0.4, -0.2) is 34.6 Å². The first kappa shape index (κ1) is 19.3. The van der Waals surface area contributed by atoms with Crippen LogP contribution in [0.5, 0.6) is 5.75 Å². The highest BCUT2D eigenvalue weighted by Crippen LogP contribution is 2.37. The number of benzene rings is 2. The monoisotopic (exact) mass is 393 g/mol. The lowest BCUT2D eigenvalue weighted by Gasteiger charge is -2.36. The Labute approximate surface area is 170 Å². The zero-order chi connectivity index (χ0) is 20.5. The minimum absolute atomic E-state index is 0.158. The van der Waals surface area contributed by atoms with Gasteiger partial charge in [0.15, 0.2) is 0 Å². The number of nitrogens with zero attached hydrogens (tertiary/aromatic N) is 1. The van der Waals surface area contributed by atoms with Crippen molar-refractivity contribution < 1.29 is 14.6 Å². The maximum absolute atomic E-state index is 11.3. The first-order chi connectivity index (χ1) is 14.0. The molecule has 0 amide bonds. The van der Waals surface area contributed by atoms with Crippen LogP contribution in [0.2, 0.25) is 0 Å². The summed E-state index contributed by atoms with van der Waals surface area (Å²) in [6.07, 6.45) is 5.28. The third kappa shape index (κ3) is 3.56. The number of anilines is 1. The van der Waals surface area contributed by atoms with Gasteiger partial charge in [-0.3, -0.25) is 4.90 Å². The number of nitrogens with two attached hydrogens (primary N) is 1. The number of ether oxygens (including phenoxy) is 1. The first-order valence-electron chi connectivity index (χ1n) is 10.00. The lowest BCUT2D eigenvalue weighted by atomic mass is 9.93. The lowest BCUT2D eigenvalue weighted by Crippen LogP contribution is -2.33. The van der Waals surface area contributed by atoms with Crippen molar-refractivity contribution in [1.82, 2.24) is 9.88 Å². The molecule has 0 bridgehead atoms. The number of carboxylic acids is 1. The topological polar surface area (TPSA) is 91.6 Å². The maximum atomic E-state index is 11.3. The van der Waals surface area contributed by atoms with E-state index in [9.17, 15) is 9.90 Å². The fraction of sp³-hybridized carbons (Fsp3) is 0.348. The molecule has 4 N–H and O–H groups in total. The summed E-state index contributed by atoms with van der Waals surface area (Å²) in [5.41, 5.74) is 11.1. The number of aromatic carboxylic acids is 1. The van der Waals surface area contributed by atoms with Crippen LogP contribution in [0.4, 0.5) is 5.69 Å². The third-order valence-corrected chi connectivity index (χ3v) is 6.00. The van der Waals surface area contributed by atoms with E-state index >= 15 is 0 Å². The Balaban J connectivity index is 1.70. The summed E-state index contributed by atoms with van der Waals surface area (Å²) < 4.78 is 5.72. The molecule has 2 aromatic carbocycles. The third-order valence-electron chi connectivity index (χ3n) is 6.00. The normalized spacial score (nSPS) is 17.5. The molecule has 4 rings (SSSR count). The molecule has 3 aromatic rings.